The summed E-state index contributed by atoms with van der Waals surface area (Å²) in [6, 6.07) is 6.24. The molecule has 8 nitrogen and oxygen atoms in total. The summed E-state index contributed by atoms with van der Waals surface area (Å²) in [5, 5.41) is 12.4. The maximum Gasteiger partial charge on any atom is 0.350 e. The lowest BCUT2D eigenvalue weighted by molar-refractivity contribution is -0.385. The molecule has 0 unspecified atom stereocenters. The summed E-state index contributed by atoms with van der Waals surface area (Å²) in [6.45, 7) is 4.03. The van der Waals surface area contributed by atoms with Crippen molar-refractivity contribution in [3.8, 4) is 0 Å². The van der Waals surface area contributed by atoms with Gasteiger partial charge in [-0.1, -0.05) is 12.1 Å². The minimum absolute atomic E-state index is 0.00463. The van der Waals surface area contributed by atoms with Crippen LogP contribution >= 0.6 is 7.60 Å². The van der Waals surface area contributed by atoms with Gasteiger partial charge >= 0.3 is 7.60 Å². The molecule has 0 bridgehead atoms. The van der Waals surface area contributed by atoms with Crippen molar-refractivity contribution in [2.75, 3.05) is 20.3 Å². The average Bonchev–Trinajstić information content (AvgIpc) is 2.90. The normalized spacial score (nSPS) is 22.4. The van der Waals surface area contributed by atoms with Crippen molar-refractivity contribution < 1.29 is 23.4 Å². The summed E-state index contributed by atoms with van der Waals surface area (Å²) in [5.41, 5.74) is 0.656. The second kappa shape index (κ2) is 7.51. The molecular weight excluding hydrogens is 323 g/mol. The maximum absolute atomic E-state index is 12.9. The molecule has 0 aliphatic carbocycles. The Morgan fingerprint density at radius 2 is 2.04 bits per heavy atom. The standard InChI is InChI=1S/C14H21N2O6P/c1-4-20-23(19,21-5-2)14-10-13(22-15(14)3)11-7-6-8-12(9-11)16(17)18/h6-9,13-14H,4-5,10H2,1-3H3/t13-,14+/m1/s1. The maximum atomic E-state index is 12.9. The number of hydroxylamine groups is 2. The van der Waals surface area contributed by atoms with E-state index >= 15 is 0 Å². The zero-order valence-corrected chi connectivity index (χ0v) is 14.3. The third-order valence-corrected chi connectivity index (χ3v) is 6.08. The first-order valence-electron chi connectivity index (χ1n) is 7.44. The molecule has 0 N–H and O–H groups in total. The topological polar surface area (TPSA) is 91.1 Å². The van der Waals surface area contributed by atoms with Crippen molar-refractivity contribution in [2.45, 2.75) is 32.2 Å². The highest BCUT2D eigenvalue weighted by molar-refractivity contribution is 7.54. The number of rotatable bonds is 7. The molecular formula is C14H21N2O6P. The Labute approximate surface area is 135 Å². The summed E-state index contributed by atoms with van der Waals surface area (Å²) < 4.78 is 23.7. The van der Waals surface area contributed by atoms with Crippen LogP contribution in [0.3, 0.4) is 0 Å². The van der Waals surface area contributed by atoms with E-state index in [0.29, 0.717) is 12.0 Å². The van der Waals surface area contributed by atoms with Gasteiger partial charge in [0.05, 0.1) is 18.1 Å². The molecule has 1 fully saturated rings. The Kier molecular flexibility index (Phi) is 5.89. The highest BCUT2D eigenvalue weighted by Gasteiger charge is 2.46. The quantitative estimate of drug-likeness (QED) is 0.425. The van der Waals surface area contributed by atoms with Crippen LogP contribution < -0.4 is 0 Å². The minimum Gasteiger partial charge on any atom is -0.308 e. The molecule has 0 aromatic heterocycles. The molecule has 23 heavy (non-hydrogen) atoms. The summed E-state index contributed by atoms with van der Waals surface area (Å²) in [5.74, 6) is -0.549. The molecule has 2 atom stereocenters. The monoisotopic (exact) mass is 344 g/mol. The van der Waals surface area contributed by atoms with E-state index in [1.807, 2.05) is 0 Å². The molecule has 2 rings (SSSR count). The molecule has 1 heterocycles. The largest absolute Gasteiger partial charge is 0.350 e. The van der Waals surface area contributed by atoms with E-state index in [1.54, 1.807) is 33.0 Å². The zero-order valence-electron chi connectivity index (χ0n) is 13.4. The fourth-order valence-electron chi connectivity index (χ4n) is 2.59. The van der Waals surface area contributed by atoms with E-state index in [-0.39, 0.29) is 18.9 Å². The van der Waals surface area contributed by atoms with Crippen molar-refractivity contribution >= 4 is 13.3 Å². The molecule has 0 saturated carbocycles. The van der Waals surface area contributed by atoms with Crippen LogP contribution in [-0.2, 0) is 18.5 Å². The van der Waals surface area contributed by atoms with Gasteiger partial charge in [0.1, 0.15) is 11.9 Å². The van der Waals surface area contributed by atoms with Crippen molar-refractivity contribution in [3.63, 3.8) is 0 Å². The predicted molar refractivity (Wildman–Crippen MR) is 83.9 cm³/mol. The Hall–Kier alpha value is -1.31. The van der Waals surface area contributed by atoms with E-state index in [9.17, 15) is 14.7 Å². The number of nitrogens with zero attached hydrogens (tertiary/aromatic N) is 2. The van der Waals surface area contributed by atoms with E-state index < -0.39 is 24.4 Å². The van der Waals surface area contributed by atoms with Crippen LogP contribution in [0.1, 0.15) is 31.9 Å². The Bertz CT molecular complexity index is 601. The van der Waals surface area contributed by atoms with Crippen molar-refractivity contribution in [1.29, 1.82) is 0 Å². The van der Waals surface area contributed by atoms with Gasteiger partial charge in [-0.3, -0.25) is 19.5 Å². The second-order valence-electron chi connectivity index (χ2n) is 5.08. The number of hydrogen-bond donors (Lipinski definition) is 0. The van der Waals surface area contributed by atoms with E-state index in [1.165, 1.54) is 17.2 Å². The lowest BCUT2D eigenvalue weighted by Gasteiger charge is -2.25. The first-order chi connectivity index (χ1) is 10.9. The van der Waals surface area contributed by atoms with Crippen LogP contribution in [-0.4, -0.2) is 36.0 Å². The predicted octanol–water partition coefficient (Wildman–Crippen LogP) is 3.50. The van der Waals surface area contributed by atoms with Crippen LogP contribution in [0.5, 0.6) is 0 Å². The van der Waals surface area contributed by atoms with Crippen LogP contribution in [0.25, 0.3) is 0 Å². The highest BCUT2D eigenvalue weighted by atomic mass is 31.2. The van der Waals surface area contributed by atoms with E-state index in [0.717, 1.165) is 0 Å². The number of benzene rings is 1. The molecule has 0 amide bonds. The van der Waals surface area contributed by atoms with Gasteiger partial charge in [0.25, 0.3) is 5.69 Å². The van der Waals surface area contributed by atoms with Gasteiger partial charge in [0, 0.05) is 25.6 Å². The van der Waals surface area contributed by atoms with Gasteiger partial charge in [-0.2, -0.15) is 5.06 Å². The smallest absolute Gasteiger partial charge is 0.308 e. The minimum atomic E-state index is -3.34. The van der Waals surface area contributed by atoms with E-state index in [4.69, 9.17) is 13.9 Å². The Morgan fingerprint density at radius 1 is 1.39 bits per heavy atom. The van der Waals surface area contributed by atoms with Gasteiger partial charge in [-0.25, -0.2) is 0 Å². The number of hydrogen-bond acceptors (Lipinski definition) is 7. The zero-order chi connectivity index (χ0) is 17.0. The van der Waals surface area contributed by atoms with Gasteiger partial charge in [0.15, 0.2) is 0 Å². The van der Waals surface area contributed by atoms with Crippen LogP contribution in [0.2, 0.25) is 0 Å². The Balaban J connectivity index is 2.22. The lowest BCUT2D eigenvalue weighted by Crippen LogP contribution is -2.25. The molecule has 0 spiro atoms. The number of non-ortho nitro benzene ring substituents is 1. The third-order valence-electron chi connectivity index (χ3n) is 3.57. The summed E-state index contributed by atoms with van der Waals surface area (Å²) in [7, 11) is -1.69. The van der Waals surface area contributed by atoms with Gasteiger partial charge in [-0.05, 0) is 19.4 Å². The molecule has 1 aromatic rings. The summed E-state index contributed by atoms with van der Waals surface area (Å²) in [6.07, 6.45) is -0.0614. The van der Waals surface area contributed by atoms with Crippen molar-refractivity contribution in [1.82, 2.24) is 5.06 Å². The van der Waals surface area contributed by atoms with Crippen molar-refractivity contribution in [2.24, 2.45) is 0 Å². The fourth-order valence-corrected chi connectivity index (χ4v) is 4.63. The van der Waals surface area contributed by atoms with Gasteiger partial charge in [0.2, 0.25) is 0 Å². The van der Waals surface area contributed by atoms with Crippen LogP contribution in [0.15, 0.2) is 24.3 Å². The highest BCUT2D eigenvalue weighted by Crippen LogP contribution is 2.59. The third kappa shape index (κ3) is 3.97. The second-order valence-corrected chi connectivity index (χ2v) is 7.28. The molecule has 128 valence electrons. The molecule has 1 aromatic carbocycles. The molecule has 0 radical (unpaired) electrons. The van der Waals surface area contributed by atoms with E-state index in [2.05, 4.69) is 0 Å². The first kappa shape index (κ1) is 18.0. The number of nitro benzene ring substituents is 1. The lowest BCUT2D eigenvalue weighted by atomic mass is 10.1. The fraction of sp³-hybridized carbons (Fsp3) is 0.571. The summed E-state index contributed by atoms with van der Waals surface area (Å²) >= 11 is 0. The molecule has 1 aliphatic heterocycles. The molecule has 1 aliphatic rings. The van der Waals surface area contributed by atoms with Gasteiger partial charge < -0.3 is 9.05 Å². The molecule has 9 heteroatoms. The average molecular weight is 344 g/mol. The summed E-state index contributed by atoms with van der Waals surface area (Å²) in [4.78, 5) is 16.2. The molecule has 1 saturated heterocycles. The van der Waals surface area contributed by atoms with Crippen LogP contribution in [0.4, 0.5) is 5.69 Å². The Morgan fingerprint density at radius 3 is 2.61 bits per heavy atom. The van der Waals surface area contributed by atoms with Crippen LogP contribution in [0, 0.1) is 10.1 Å². The SMILES string of the molecule is CCOP(=O)(OCC)[C@H]1C[C@H](c2cccc([N+](=O)[O-])c2)ON1C. The number of nitro groups is 1. The van der Waals surface area contributed by atoms with Gasteiger partial charge in [-0.15, -0.1) is 0 Å². The van der Waals surface area contributed by atoms with Crippen molar-refractivity contribution in [3.05, 3.63) is 39.9 Å². The first-order valence-corrected chi connectivity index (χ1v) is 9.05.